The van der Waals surface area contributed by atoms with Crippen molar-refractivity contribution in [2.24, 2.45) is 11.3 Å². The number of piperidine rings is 1. The second-order valence-electron chi connectivity index (χ2n) is 6.18. The van der Waals surface area contributed by atoms with E-state index in [1.54, 1.807) is 0 Å². The SMILES string of the molecule is CCOC1CC2(CCN(CC(C)C)CC2)C1. The number of rotatable bonds is 4. The van der Waals surface area contributed by atoms with Crippen molar-refractivity contribution in [2.75, 3.05) is 26.2 Å². The predicted octanol–water partition coefficient (Wildman–Crippen LogP) is 2.92. The van der Waals surface area contributed by atoms with Crippen LogP contribution in [0.2, 0.25) is 0 Å². The summed E-state index contributed by atoms with van der Waals surface area (Å²) in [5, 5.41) is 0. The lowest BCUT2D eigenvalue weighted by atomic mass is 9.61. The van der Waals surface area contributed by atoms with Crippen LogP contribution in [-0.2, 0) is 4.74 Å². The molecule has 1 spiro atoms. The summed E-state index contributed by atoms with van der Waals surface area (Å²) in [6.07, 6.45) is 6.06. The van der Waals surface area contributed by atoms with Gasteiger partial charge in [0.1, 0.15) is 0 Å². The van der Waals surface area contributed by atoms with E-state index in [1.165, 1.54) is 45.3 Å². The molecule has 0 unspecified atom stereocenters. The van der Waals surface area contributed by atoms with E-state index in [1.807, 2.05) is 0 Å². The largest absolute Gasteiger partial charge is 0.378 e. The summed E-state index contributed by atoms with van der Waals surface area (Å²) in [7, 11) is 0. The van der Waals surface area contributed by atoms with Gasteiger partial charge < -0.3 is 9.64 Å². The van der Waals surface area contributed by atoms with E-state index in [2.05, 4.69) is 25.7 Å². The lowest BCUT2D eigenvalue weighted by molar-refractivity contribution is -0.102. The average molecular weight is 225 g/mol. The van der Waals surface area contributed by atoms with E-state index in [4.69, 9.17) is 4.74 Å². The van der Waals surface area contributed by atoms with Crippen LogP contribution < -0.4 is 0 Å². The molecule has 2 fully saturated rings. The topological polar surface area (TPSA) is 12.5 Å². The Morgan fingerprint density at radius 2 is 1.88 bits per heavy atom. The van der Waals surface area contributed by atoms with Gasteiger partial charge in [0.25, 0.3) is 0 Å². The first-order chi connectivity index (χ1) is 7.63. The van der Waals surface area contributed by atoms with Crippen LogP contribution in [0.1, 0.15) is 46.5 Å². The molecule has 2 rings (SSSR count). The summed E-state index contributed by atoms with van der Waals surface area (Å²) in [6.45, 7) is 11.5. The predicted molar refractivity (Wildman–Crippen MR) is 67.6 cm³/mol. The van der Waals surface area contributed by atoms with E-state index < -0.39 is 0 Å². The highest BCUT2D eigenvalue weighted by atomic mass is 16.5. The number of hydrogen-bond donors (Lipinski definition) is 0. The maximum absolute atomic E-state index is 5.68. The molecule has 0 amide bonds. The Kier molecular flexibility index (Phi) is 3.91. The highest BCUT2D eigenvalue weighted by Crippen LogP contribution is 2.50. The number of ether oxygens (including phenoxy) is 1. The van der Waals surface area contributed by atoms with Crippen molar-refractivity contribution in [1.29, 1.82) is 0 Å². The molecular formula is C14H27NO. The third-order valence-electron chi connectivity index (χ3n) is 4.26. The van der Waals surface area contributed by atoms with Crippen LogP contribution in [-0.4, -0.2) is 37.2 Å². The molecule has 0 N–H and O–H groups in total. The molecule has 1 aliphatic heterocycles. The second-order valence-corrected chi connectivity index (χ2v) is 6.18. The van der Waals surface area contributed by atoms with Gasteiger partial charge in [-0.05, 0) is 57.0 Å². The van der Waals surface area contributed by atoms with Crippen LogP contribution in [0.5, 0.6) is 0 Å². The van der Waals surface area contributed by atoms with Crippen molar-refractivity contribution in [3.8, 4) is 0 Å². The molecule has 0 aromatic carbocycles. The quantitative estimate of drug-likeness (QED) is 0.729. The summed E-state index contributed by atoms with van der Waals surface area (Å²) < 4.78 is 5.68. The zero-order chi connectivity index (χ0) is 11.6. The van der Waals surface area contributed by atoms with Gasteiger partial charge in [-0.1, -0.05) is 13.8 Å². The zero-order valence-corrected chi connectivity index (χ0v) is 11.2. The van der Waals surface area contributed by atoms with Crippen LogP contribution in [0.15, 0.2) is 0 Å². The first-order valence-electron chi connectivity index (χ1n) is 6.97. The van der Waals surface area contributed by atoms with Crippen molar-refractivity contribution in [1.82, 2.24) is 4.90 Å². The minimum Gasteiger partial charge on any atom is -0.378 e. The van der Waals surface area contributed by atoms with Crippen molar-refractivity contribution in [3.05, 3.63) is 0 Å². The fraction of sp³-hybridized carbons (Fsp3) is 1.00. The third-order valence-corrected chi connectivity index (χ3v) is 4.26. The molecule has 1 heterocycles. The van der Waals surface area contributed by atoms with Gasteiger partial charge in [-0.3, -0.25) is 0 Å². The van der Waals surface area contributed by atoms with Gasteiger partial charge in [-0.2, -0.15) is 0 Å². The van der Waals surface area contributed by atoms with E-state index >= 15 is 0 Å². The first-order valence-corrected chi connectivity index (χ1v) is 6.97. The minimum atomic E-state index is 0.585. The highest BCUT2D eigenvalue weighted by molar-refractivity contribution is 4.97. The number of likely N-dealkylation sites (tertiary alicyclic amines) is 1. The van der Waals surface area contributed by atoms with Crippen LogP contribution in [0.4, 0.5) is 0 Å². The summed E-state index contributed by atoms with van der Waals surface area (Å²) in [5.41, 5.74) is 0.674. The molecular weight excluding hydrogens is 198 g/mol. The van der Waals surface area contributed by atoms with Gasteiger partial charge in [0, 0.05) is 13.2 Å². The summed E-state index contributed by atoms with van der Waals surface area (Å²) in [6, 6.07) is 0. The molecule has 1 saturated heterocycles. The molecule has 2 heteroatoms. The average Bonchev–Trinajstić information content (AvgIpc) is 2.18. The van der Waals surface area contributed by atoms with Crippen molar-refractivity contribution in [3.63, 3.8) is 0 Å². The smallest absolute Gasteiger partial charge is 0.0585 e. The minimum absolute atomic E-state index is 0.585. The van der Waals surface area contributed by atoms with E-state index in [0.717, 1.165) is 12.5 Å². The lowest BCUT2D eigenvalue weighted by Gasteiger charge is -2.52. The second kappa shape index (κ2) is 5.05. The Labute approximate surface area is 100 Å². The van der Waals surface area contributed by atoms with Crippen LogP contribution >= 0.6 is 0 Å². The monoisotopic (exact) mass is 225 g/mol. The summed E-state index contributed by atoms with van der Waals surface area (Å²) in [5.74, 6) is 0.812. The zero-order valence-electron chi connectivity index (χ0n) is 11.2. The van der Waals surface area contributed by atoms with Crippen molar-refractivity contribution in [2.45, 2.75) is 52.6 Å². The molecule has 1 aliphatic carbocycles. The molecule has 2 aliphatic rings. The maximum Gasteiger partial charge on any atom is 0.0585 e. The van der Waals surface area contributed by atoms with Gasteiger partial charge in [0.05, 0.1) is 6.10 Å². The number of hydrogen-bond acceptors (Lipinski definition) is 2. The molecule has 94 valence electrons. The fourth-order valence-corrected chi connectivity index (χ4v) is 3.39. The Hall–Kier alpha value is -0.0800. The molecule has 0 bridgehead atoms. The highest BCUT2D eigenvalue weighted by Gasteiger charge is 2.46. The van der Waals surface area contributed by atoms with Crippen LogP contribution in [0, 0.1) is 11.3 Å². The van der Waals surface area contributed by atoms with E-state index in [0.29, 0.717) is 11.5 Å². The fourth-order valence-electron chi connectivity index (χ4n) is 3.39. The number of nitrogens with zero attached hydrogens (tertiary/aromatic N) is 1. The van der Waals surface area contributed by atoms with Gasteiger partial charge in [-0.25, -0.2) is 0 Å². The Morgan fingerprint density at radius 1 is 1.25 bits per heavy atom. The third kappa shape index (κ3) is 2.78. The van der Waals surface area contributed by atoms with Gasteiger partial charge in [0.15, 0.2) is 0 Å². The first kappa shape index (κ1) is 12.4. The molecule has 0 aromatic rings. The summed E-state index contributed by atoms with van der Waals surface area (Å²) >= 11 is 0. The van der Waals surface area contributed by atoms with Crippen LogP contribution in [0.3, 0.4) is 0 Å². The maximum atomic E-state index is 5.68. The van der Waals surface area contributed by atoms with Crippen molar-refractivity contribution < 1.29 is 4.74 Å². The summed E-state index contributed by atoms with van der Waals surface area (Å²) in [4.78, 5) is 2.64. The normalized spacial score (nSPS) is 26.2. The van der Waals surface area contributed by atoms with E-state index in [9.17, 15) is 0 Å². The Bertz CT molecular complexity index is 211. The molecule has 1 saturated carbocycles. The lowest BCUT2D eigenvalue weighted by Crippen LogP contribution is -2.50. The van der Waals surface area contributed by atoms with Gasteiger partial charge in [-0.15, -0.1) is 0 Å². The van der Waals surface area contributed by atoms with E-state index in [-0.39, 0.29) is 0 Å². The Balaban J connectivity index is 1.70. The molecule has 2 nitrogen and oxygen atoms in total. The molecule has 0 atom stereocenters. The Morgan fingerprint density at radius 3 is 2.38 bits per heavy atom. The van der Waals surface area contributed by atoms with Crippen molar-refractivity contribution >= 4 is 0 Å². The van der Waals surface area contributed by atoms with Gasteiger partial charge in [0.2, 0.25) is 0 Å². The van der Waals surface area contributed by atoms with Gasteiger partial charge >= 0.3 is 0 Å². The molecule has 0 radical (unpaired) electrons. The molecule has 0 aromatic heterocycles. The van der Waals surface area contributed by atoms with Crippen LogP contribution in [0.25, 0.3) is 0 Å². The molecule has 16 heavy (non-hydrogen) atoms. The standard InChI is InChI=1S/C14H27NO/c1-4-16-13-9-14(10-13)5-7-15(8-6-14)11-12(2)3/h12-13H,4-11H2,1-3H3.